The molecule has 1 aromatic rings. The Hall–Kier alpha value is -0.470. The highest BCUT2D eigenvalue weighted by atomic mass is 32.2. The molecule has 0 radical (unpaired) electrons. The SMILES string of the molecule is CC(C)Sc1ccccc1[C@@H](C)O. The first-order chi connectivity index (χ1) is 6.11. The Kier molecular flexibility index (Phi) is 3.82. The number of aliphatic hydroxyl groups is 1. The van der Waals surface area contributed by atoms with Crippen LogP contribution in [0.15, 0.2) is 29.2 Å². The van der Waals surface area contributed by atoms with Crippen molar-refractivity contribution in [3.63, 3.8) is 0 Å². The fourth-order valence-corrected chi connectivity index (χ4v) is 2.23. The van der Waals surface area contributed by atoms with Crippen LogP contribution in [0.5, 0.6) is 0 Å². The molecule has 0 fully saturated rings. The zero-order chi connectivity index (χ0) is 9.84. The zero-order valence-electron chi connectivity index (χ0n) is 8.32. The van der Waals surface area contributed by atoms with Crippen molar-refractivity contribution in [2.24, 2.45) is 0 Å². The molecule has 1 rings (SSSR count). The van der Waals surface area contributed by atoms with Gasteiger partial charge in [0.25, 0.3) is 0 Å². The van der Waals surface area contributed by atoms with Crippen molar-refractivity contribution < 1.29 is 5.11 Å². The molecule has 0 spiro atoms. The first-order valence-corrected chi connectivity index (χ1v) is 5.43. The van der Waals surface area contributed by atoms with Crippen molar-refractivity contribution in [3.8, 4) is 0 Å². The summed E-state index contributed by atoms with van der Waals surface area (Å²) in [7, 11) is 0. The first kappa shape index (κ1) is 10.6. The molecule has 0 aliphatic rings. The fourth-order valence-electron chi connectivity index (χ4n) is 1.19. The van der Waals surface area contributed by atoms with Gasteiger partial charge < -0.3 is 5.11 Å². The minimum Gasteiger partial charge on any atom is -0.389 e. The predicted octanol–water partition coefficient (Wildman–Crippen LogP) is 3.24. The number of benzene rings is 1. The summed E-state index contributed by atoms with van der Waals surface area (Å²) in [5, 5.41) is 10.1. The lowest BCUT2D eigenvalue weighted by atomic mass is 10.1. The van der Waals surface area contributed by atoms with Gasteiger partial charge in [0.05, 0.1) is 6.10 Å². The molecule has 0 saturated heterocycles. The van der Waals surface area contributed by atoms with E-state index in [1.807, 2.05) is 18.2 Å². The van der Waals surface area contributed by atoms with Gasteiger partial charge >= 0.3 is 0 Å². The number of aliphatic hydroxyl groups excluding tert-OH is 1. The molecule has 1 aromatic carbocycles. The molecular weight excluding hydrogens is 180 g/mol. The summed E-state index contributed by atoms with van der Waals surface area (Å²) in [5.41, 5.74) is 1.03. The smallest absolute Gasteiger partial charge is 0.0772 e. The maximum absolute atomic E-state index is 9.50. The van der Waals surface area contributed by atoms with E-state index in [-0.39, 0.29) is 6.10 Å². The van der Waals surface area contributed by atoms with Crippen LogP contribution in [0.4, 0.5) is 0 Å². The van der Waals surface area contributed by atoms with Crippen LogP contribution < -0.4 is 0 Å². The Balaban J connectivity index is 2.91. The second kappa shape index (κ2) is 4.68. The maximum atomic E-state index is 9.50. The highest BCUT2D eigenvalue weighted by molar-refractivity contribution is 8.00. The molecule has 0 aliphatic heterocycles. The fraction of sp³-hybridized carbons (Fsp3) is 0.455. The van der Waals surface area contributed by atoms with Crippen LogP contribution in [0.25, 0.3) is 0 Å². The van der Waals surface area contributed by atoms with Crippen LogP contribution in [0, 0.1) is 0 Å². The molecule has 0 amide bonds. The van der Waals surface area contributed by atoms with Gasteiger partial charge in [-0.3, -0.25) is 0 Å². The first-order valence-electron chi connectivity index (χ1n) is 4.55. The van der Waals surface area contributed by atoms with E-state index < -0.39 is 0 Å². The van der Waals surface area contributed by atoms with Crippen molar-refractivity contribution in [1.82, 2.24) is 0 Å². The van der Waals surface area contributed by atoms with E-state index in [2.05, 4.69) is 19.9 Å². The van der Waals surface area contributed by atoms with E-state index in [4.69, 9.17) is 0 Å². The maximum Gasteiger partial charge on any atom is 0.0772 e. The van der Waals surface area contributed by atoms with Gasteiger partial charge in [-0.25, -0.2) is 0 Å². The van der Waals surface area contributed by atoms with E-state index >= 15 is 0 Å². The second-order valence-electron chi connectivity index (χ2n) is 3.38. The largest absolute Gasteiger partial charge is 0.389 e. The Morgan fingerprint density at radius 1 is 1.15 bits per heavy atom. The third kappa shape index (κ3) is 3.05. The molecular formula is C11H16OS. The van der Waals surface area contributed by atoms with E-state index in [0.29, 0.717) is 5.25 Å². The highest BCUT2D eigenvalue weighted by Gasteiger charge is 2.08. The van der Waals surface area contributed by atoms with Gasteiger partial charge in [-0.15, -0.1) is 11.8 Å². The van der Waals surface area contributed by atoms with Crippen molar-refractivity contribution in [2.45, 2.75) is 37.0 Å². The van der Waals surface area contributed by atoms with Gasteiger partial charge in [0.2, 0.25) is 0 Å². The average molecular weight is 196 g/mol. The van der Waals surface area contributed by atoms with Crippen molar-refractivity contribution >= 4 is 11.8 Å². The minimum absolute atomic E-state index is 0.373. The average Bonchev–Trinajstić information content (AvgIpc) is 2.03. The standard InChI is InChI=1S/C11H16OS/c1-8(2)13-11-7-5-4-6-10(11)9(3)12/h4-9,12H,1-3H3/t9-/m1/s1. The summed E-state index contributed by atoms with van der Waals surface area (Å²) in [4.78, 5) is 1.19. The van der Waals surface area contributed by atoms with Crippen LogP contribution in [0.1, 0.15) is 32.4 Å². The quantitative estimate of drug-likeness (QED) is 0.749. The van der Waals surface area contributed by atoms with Crippen molar-refractivity contribution in [1.29, 1.82) is 0 Å². The molecule has 72 valence electrons. The summed E-state index contributed by atoms with van der Waals surface area (Å²) < 4.78 is 0. The van der Waals surface area contributed by atoms with Gasteiger partial charge in [0.15, 0.2) is 0 Å². The summed E-state index contributed by atoms with van der Waals surface area (Å²) in [6.45, 7) is 6.12. The second-order valence-corrected chi connectivity index (χ2v) is 5.00. The summed E-state index contributed by atoms with van der Waals surface area (Å²) in [6, 6.07) is 8.02. The Labute approximate surface area is 84.2 Å². The molecule has 0 aliphatic carbocycles. The molecule has 1 atom stereocenters. The molecule has 1 N–H and O–H groups in total. The molecule has 0 heterocycles. The van der Waals surface area contributed by atoms with E-state index in [1.165, 1.54) is 4.90 Å². The molecule has 0 aromatic heterocycles. The zero-order valence-corrected chi connectivity index (χ0v) is 9.14. The van der Waals surface area contributed by atoms with Crippen LogP contribution in [0.2, 0.25) is 0 Å². The van der Waals surface area contributed by atoms with E-state index in [1.54, 1.807) is 18.7 Å². The number of thioether (sulfide) groups is 1. The number of rotatable bonds is 3. The topological polar surface area (TPSA) is 20.2 Å². The monoisotopic (exact) mass is 196 g/mol. The summed E-state index contributed by atoms with van der Waals surface area (Å²) >= 11 is 1.79. The third-order valence-electron chi connectivity index (χ3n) is 1.73. The number of hydrogen-bond donors (Lipinski definition) is 1. The van der Waals surface area contributed by atoms with Gasteiger partial charge in [-0.2, -0.15) is 0 Å². The van der Waals surface area contributed by atoms with Crippen LogP contribution >= 0.6 is 11.8 Å². The van der Waals surface area contributed by atoms with Crippen LogP contribution in [-0.4, -0.2) is 10.4 Å². The van der Waals surface area contributed by atoms with Crippen LogP contribution in [-0.2, 0) is 0 Å². The van der Waals surface area contributed by atoms with Gasteiger partial charge in [0.1, 0.15) is 0 Å². The lowest BCUT2D eigenvalue weighted by Gasteiger charge is -2.12. The molecule has 2 heteroatoms. The lowest BCUT2D eigenvalue weighted by Crippen LogP contribution is -1.95. The van der Waals surface area contributed by atoms with Gasteiger partial charge in [-0.1, -0.05) is 32.0 Å². The molecule has 0 unspecified atom stereocenters. The lowest BCUT2D eigenvalue weighted by molar-refractivity contribution is 0.196. The van der Waals surface area contributed by atoms with Gasteiger partial charge in [-0.05, 0) is 18.6 Å². The Morgan fingerprint density at radius 2 is 1.77 bits per heavy atom. The van der Waals surface area contributed by atoms with E-state index in [9.17, 15) is 5.11 Å². The molecule has 0 saturated carbocycles. The summed E-state index contributed by atoms with van der Waals surface area (Å²) in [5.74, 6) is 0. The minimum atomic E-state index is -0.373. The van der Waals surface area contributed by atoms with Crippen molar-refractivity contribution in [3.05, 3.63) is 29.8 Å². The number of hydrogen-bond acceptors (Lipinski definition) is 2. The van der Waals surface area contributed by atoms with Gasteiger partial charge in [0, 0.05) is 10.1 Å². The summed E-state index contributed by atoms with van der Waals surface area (Å²) in [6.07, 6.45) is -0.373. The van der Waals surface area contributed by atoms with Crippen LogP contribution in [0.3, 0.4) is 0 Å². The highest BCUT2D eigenvalue weighted by Crippen LogP contribution is 2.29. The Morgan fingerprint density at radius 3 is 2.31 bits per heavy atom. The third-order valence-corrected chi connectivity index (χ3v) is 2.83. The predicted molar refractivity (Wildman–Crippen MR) is 58.1 cm³/mol. The molecule has 0 bridgehead atoms. The Bertz CT molecular complexity index is 269. The van der Waals surface area contributed by atoms with E-state index in [0.717, 1.165) is 5.56 Å². The molecule has 13 heavy (non-hydrogen) atoms. The molecule has 1 nitrogen and oxygen atoms in total. The van der Waals surface area contributed by atoms with Crippen molar-refractivity contribution in [2.75, 3.05) is 0 Å². The normalized spacial score (nSPS) is 13.3.